The molecule has 75 heavy (non-hydrogen) atoms. The first-order chi connectivity index (χ1) is 37.0. The maximum absolute atomic E-state index is 12.8. The van der Waals surface area contributed by atoms with Gasteiger partial charge in [-0.3, -0.25) is 14.4 Å². The highest BCUT2D eigenvalue weighted by molar-refractivity contribution is 5.71. The van der Waals surface area contributed by atoms with E-state index in [-0.39, 0.29) is 37.5 Å². The topological polar surface area (TPSA) is 78.9 Å². The third kappa shape index (κ3) is 60.8. The van der Waals surface area contributed by atoms with Crippen molar-refractivity contribution >= 4 is 17.9 Å². The number of carbonyl (C=O) groups is 3. The lowest BCUT2D eigenvalue weighted by Gasteiger charge is -2.18. The highest BCUT2D eigenvalue weighted by Gasteiger charge is 2.19. The summed E-state index contributed by atoms with van der Waals surface area (Å²) in [4.78, 5) is 38.0. The van der Waals surface area contributed by atoms with E-state index in [2.05, 4.69) is 130 Å². The summed E-state index contributed by atoms with van der Waals surface area (Å²) < 4.78 is 16.8. The zero-order valence-electron chi connectivity index (χ0n) is 49.0. The van der Waals surface area contributed by atoms with Crippen LogP contribution in [0.25, 0.3) is 0 Å². The molecule has 0 aromatic heterocycles. The molecule has 0 aliphatic heterocycles. The Morgan fingerprint density at radius 3 is 0.853 bits per heavy atom. The smallest absolute Gasteiger partial charge is 0.306 e. The largest absolute Gasteiger partial charge is 0.462 e. The lowest BCUT2D eigenvalue weighted by Crippen LogP contribution is -2.30. The van der Waals surface area contributed by atoms with Crippen LogP contribution in [-0.4, -0.2) is 37.2 Å². The maximum atomic E-state index is 12.8. The maximum Gasteiger partial charge on any atom is 0.306 e. The van der Waals surface area contributed by atoms with Gasteiger partial charge in [0.15, 0.2) is 6.10 Å². The van der Waals surface area contributed by atoms with Crippen LogP contribution in [-0.2, 0) is 28.6 Å². The molecule has 0 saturated carbocycles. The van der Waals surface area contributed by atoms with Crippen molar-refractivity contribution in [1.82, 2.24) is 0 Å². The van der Waals surface area contributed by atoms with E-state index in [4.69, 9.17) is 14.2 Å². The lowest BCUT2D eigenvalue weighted by molar-refractivity contribution is -0.167. The van der Waals surface area contributed by atoms with Crippen molar-refractivity contribution in [3.8, 4) is 0 Å². The molecule has 6 nitrogen and oxygen atoms in total. The average molecular weight is 1040 g/mol. The van der Waals surface area contributed by atoms with Gasteiger partial charge in [-0.2, -0.15) is 0 Å². The van der Waals surface area contributed by atoms with Crippen LogP contribution in [0, 0.1) is 0 Å². The zero-order valence-corrected chi connectivity index (χ0v) is 49.0. The summed E-state index contributed by atoms with van der Waals surface area (Å²) in [6.45, 7) is 6.44. The van der Waals surface area contributed by atoms with Crippen LogP contribution in [0.3, 0.4) is 0 Å². The van der Waals surface area contributed by atoms with Crippen molar-refractivity contribution in [2.45, 2.75) is 297 Å². The third-order valence-corrected chi connectivity index (χ3v) is 13.3. The van der Waals surface area contributed by atoms with Crippen LogP contribution in [0.15, 0.2) is 109 Å². The molecule has 0 radical (unpaired) electrons. The number of hydrogen-bond acceptors (Lipinski definition) is 6. The van der Waals surface area contributed by atoms with E-state index in [0.717, 1.165) is 96.3 Å². The first-order valence-electron chi connectivity index (χ1n) is 31.4. The molecule has 0 aliphatic carbocycles. The van der Waals surface area contributed by atoms with Crippen molar-refractivity contribution in [3.05, 3.63) is 109 Å². The van der Waals surface area contributed by atoms with Crippen LogP contribution >= 0.6 is 0 Å². The normalized spacial score (nSPS) is 12.8. The molecule has 0 N–H and O–H groups in total. The SMILES string of the molecule is CC/C=C\C/C=C\C/C=C\C/C=C\C/C=C\C/C=C\C/C=C\CCCC(=O)OC(COC(=O)CCCCCCCCC)COC(=O)CCCCCCCCCCCCCCCCC/C=C\C/C=C\CCCCCCC. The molecular weight excluding hydrogens is 925 g/mol. The molecule has 0 amide bonds. The molecule has 0 saturated heterocycles. The average Bonchev–Trinajstić information content (AvgIpc) is 3.41. The van der Waals surface area contributed by atoms with Crippen LogP contribution in [0.4, 0.5) is 0 Å². The minimum atomic E-state index is -0.807. The van der Waals surface area contributed by atoms with Crippen LogP contribution in [0.2, 0.25) is 0 Å². The molecule has 0 spiro atoms. The molecule has 0 aliphatic rings. The van der Waals surface area contributed by atoms with Gasteiger partial charge in [0.05, 0.1) is 0 Å². The highest BCUT2D eigenvalue weighted by Crippen LogP contribution is 2.16. The number of esters is 3. The second-order valence-corrected chi connectivity index (χ2v) is 20.6. The molecule has 1 unspecified atom stereocenters. The molecule has 0 heterocycles. The van der Waals surface area contributed by atoms with Gasteiger partial charge in [-0.05, 0) is 103 Å². The minimum Gasteiger partial charge on any atom is -0.462 e. The molecule has 1 atom stereocenters. The lowest BCUT2D eigenvalue weighted by atomic mass is 10.0. The van der Waals surface area contributed by atoms with E-state index in [9.17, 15) is 14.4 Å². The Bertz CT molecular complexity index is 1520. The standard InChI is InChI=1S/C69H116O6/c1-4-7-10-13-16-18-20-22-24-26-28-30-32-33-34-35-37-38-40-42-44-46-48-50-53-56-59-62-68(71)74-65-66(64-73-67(70)61-58-55-52-15-12-9-6-3)75-69(72)63-60-57-54-51-49-47-45-43-41-39-36-31-29-27-25-23-21-19-17-14-11-8-5-2/h8,11,17,19-20,22-23,25-26,28-29,31,39,41,45,47,51,54,66H,4-7,9-10,12-16,18,21,24,27,30,32-38,40,42-44,46,48-50,52-53,55-65H2,1-3H3/b11-8-,19-17-,22-20-,25-23-,28-26-,31-29-,41-39-,47-45-,54-51-. The van der Waals surface area contributed by atoms with Crippen LogP contribution < -0.4 is 0 Å². The summed E-state index contributed by atoms with van der Waals surface area (Å²) in [6, 6.07) is 0. The molecular formula is C69H116O6. The fraction of sp³-hybridized carbons (Fsp3) is 0.696. The summed E-state index contributed by atoms with van der Waals surface area (Å²) in [5, 5.41) is 0. The Kier molecular flexibility index (Phi) is 59.3. The van der Waals surface area contributed by atoms with Gasteiger partial charge >= 0.3 is 17.9 Å². The first-order valence-corrected chi connectivity index (χ1v) is 31.4. The molecule has 0 fully saturated rings. The predicted octanol–water partition coefficient (Wildman–Crippen LogP) is 21.4. The Hall–Kier alpha value is -3.93. The van der Waals surface area contributed by atoms with Crippen molar-refractivity contribution in [1.29, 1.82) is 0 Å². The van der Waals surface area contributed by atoms with Crippen molar-refractivity contribution in [3.63, 3.8) is 0 Å². The van der Waals surface area contributed by atoms with E-state index in [0.29, 0.717) is 19.3 Å². The monoisotopic (exact) mass is 1040 g/mol. The molecule has 6 heteroatoms. The van der Waals surface area contributed by atoms with E-state index < -0.39 is 6.10 Å². The molecule has 0 aromatic carbocycles. The Balaban J connectivity index is 4.22. The number of rotatable bonds is 56. The fourth-order valence-corrected chi connectivity index (χ4v) is 8.58. The second-order valence-electron chi connectivity index (χ2n) is 20.6. The quantitative estimate of drug-likeness (QED) is 0.0261. The summed E-state index contributed by atoms with van der Waals surface area (Å²) in [7, 11) is 0. The number of ether oxygens (including phenoxy) is 3. The van der Waals surface area contributed by atoms with Crippen molar-refractivity contribution in [2.24, 2.45) is 0 Å². The molecule has 0 aromatic rings. The van der Waals surface area contributed by atoms with Crippen LogP contribution in [0.5, 0.6) is 0 Å². The van der Waals surface area contributed by atoms with Gasteiger partial charge in [0.25, 0.3) is 0 Å². The fourth-order valence-electron chi connectivity index (χ4n) is 8.58. The van der Waals surface area contributed by atoms with Gasteiger partial charge < -0.3 is 14.2 Å². The summed E-state index contributed by atoms with van der Waals surface area (Å²) >= 11 is 0. The first kappa shape index (κ1) is 71.1. The number of hydrogen-bond donors (Lipinski definition) is 0. The van der Waals surface area contributed by atoms with Gasteiger partial charge in [-0.15, -0.1) is 0 Å². The van der Waals surface area contributed by atoms with Gasteiger partial charge in [-0.25, -0.2) is 0 Å². The summed E-state index contributed by atoms with van der Waals surface area (Å²) in [6.07, 6.45) is 85.6. The van der Waals surface area contributed by atoms with Gasteiger partial charge in [0.1, 0.15) is 13.2 Å². The molecule has 0 rings (SSSR count). The second kappa shape index (κ2) is 62.6. The van der Waals surface area contributed by atoms with E-state index in [1.54, 1.807) is 0 Å². The number of carbonyl (C=O) groups excluding carboxylic acids is 3. The van der Waals surface area contributed by atoms with Gasteiger partial charge in [0.2, 0.25) is 0 Å². The molecule has 428 valence electrons. The van der Waals surface area contributed by atoms with E-state index in [1.165, 1.54) is 148 Å². The summed E-state index contributed by atoms with van der Waals surface area (Å²) in [5.41, 5.74) is 0. The molecule has 0 bridgehead atoms. The van der Waals surface area contributed by atoms with Gasteiger partial charge in [-0.1, -0.05) is 278 Å². The van der Waals surface area contributed by atoms with Crippen molar-refractivity contribution < 1.29 is 28.6 Å². The highest BCUT2D eigenvalue weighted by atomic mass is 16.6. The minimum absolute atomic E-state index is 0.100. The Labute approximate surface area is 463 Å². The van der Waals surface area contributed by atoms with Gasteiger partial charge in [0, 0.05) is 19.3 Å². The van der Waals surface area contributed by atoms with Crippen LogP contribution in [0.1, 0.15) is 290 Å². The number of allylic oxidation sites excluding steroid dienone is 18. The Morgan fingerprint density at radius 2 is 0.533 bits per heavy atom. The zero-order chi connectivity index (χ0) is 54.3. The van der Waals surface area contributed by atoms with Crippen molar-refractivity contribution in [2.75, 3.05) is 13.2 Å². The third-order valence-electron chi connectivity index (χ3n) is 13.3. The predicted molar refractivity (Wildman–Crippen MR) is 325 cm³/mol. The number of unbranched alkanes of at least 4 members (excludes halogenated alkanes) is 27. The summed E-state index contributed by atoms with van der Waals surface area (Å²) in [5.74, 6) is -0.963. The Morgan fingerprint density at radius 1 is 0.280 bits per heavy atom. The van der Waals surface area contributed by atoms with E-state index in [1.807, 2.05) is 0 Å². The van der Waals surface area contributed by atoms with E-state index >= 15 is 0 Å².